The van der Waals surface area contributed by atoms with Crippen LogP contribution in [-0.4, -0.2) is 60.3 Å². The second-order valence-electron chi connectivity index (χ2n) is 6.81. The van der Waals surface area contributed by atoms with Crippen LogP contribution in [0.25, 0.3) is 0 Å². The van der Waals surface area contributed by atoms with Crippen LogP contribution in [0.4, 0.5) is 0 Å². The van der Waals surface area contributed by atoms with Crippen molar-refractivity contribution in [1.82, 2.24) is 9.80 Å². The Hall–Kier alpha value is -0.120. The highest BCUT2D eigenvalue weighted by molar-refractivity contribution is 4.93. The Morgan fingerprint density at radius 1 is 1.12 bits per heavy atom. The van der Waals surface area contributed by atoms with Crippen LogP contribution in [0.1, 0.15) is 39.5 Å². The molecule has 3 heteroatoms. The van der Waals surface area contributed by atoms with Gasteiger partial charge in [0.25, 0.3) is 0 Å². The van der Waals surface area contributed by atoms with Crippen molar-refractivity contribution in [3.63, 3.8) is 0 Å². The monoisotopic (exact) mass is 240 g/mol. The Morgan fingerprint density at radius 2 is 1.76 bits per heavy atom. The minimum absolute atomic E-state index is 0.214. The highest BCUT2D eigenvalue weighted by Gasteiger charge is 2.38. The molecular formula is C14H28N2O. The van der Waals surface area contributed by atoms with Crippen LogP contribution in [0, 0.1) is 5.41 Å². The maximum atomic E-state index is 9.69. The van der Waals surface area contributed by atoms with Gasteiger partial charge in [0.15, 0.2) is 0 Å². The summed E-state index contributed by atoms with van der Waals surface area (Å²) in [6.07, 6.45) is 5.04. The van der Waals surface area contributed by atoms with E-state index in [1.54, 1.807) is 0 Å². The normalized spacial score (nSPS) is 29.6. The summed E-state index contributed by atoms with van der Waals surface area (Å²) in [6.45, 7) is 9.54. The van der Waals surface area contributed by atoms with Gasteiger partial charge in [0.05, 0.1) is 0 Å². The van der Waals surface area contributed by atoms with Gasteiger partial charge in [-0.1, -0.05) is 12.8 Å². The van der Waals surface area contributed by atoms with Gasteiger partial charge in [-0.05, 0) is 33.7 Å². The van der Waals surface area contributed by atoms with Crippen molar-refractivity contribution in [2.45, 2.75) is 45.1 Å². The predicted molar refractivity (Wildman–Crippen MR) is 71.1 cm³/mol. The van der Waals surface area contributed by atoms with Gasteiger partial charge in [-0.3, -0.25) is 9.80 Å². The fourth-order valence-corrected chi connectivity index (χ4v) is 3.44. The molecule has 0 aromatic rings. The first kappa shape index (κ1) is 13.3. The third kappa shape index (κ3) is 2.83. The number of hydrogen-bond acceptors (Lipinski definition) is 3. The molecule has 2 aliphatic rings. The van der Waals surface area contributed by atoms with Gasteiger partial charge in [0.2, 0.25) is 0 Å². The van der Waals surface area contributed by atoms with Crippen molar-refractivity contribution in [3.8, 4) is 0 Å². The van der Waals surface area contributed by atoms with Crippen molar-refractivity contribution < 1.29 is 5.11 Å². The van der Waals surface area contributed by atoms with E-state index in [4.69, 9.17) is 0 Å². The van der Waals surface area contributed by atoms with Crippen molar-refractivity contribution in [3.05, 3.63) is 0 Å². The predicted octanol–water partition coefficient (Wildman–Crippen LogP) is 1.57. The van der Waals surface area contributed by atoms with E-state index in [0.717, 1.165) is 26.2 Å². The molecule has 0 radical (unpaired) electrons. The molecule has 1 aliphatic heterocycles. The molecule has 0 amide bonds. The first-order valence-corrected chi connectivity index (χ1v) is 7.02. The zero-order valence-corrected chi connectivity index (χ0v) is 11.7. The van der Waals surface area contributed by atoms with E-state index in [9.17, 15) is 5.11 Å². The fraction of sp³-hybridized carbons (Fsp3) is 1.00. The summed E-state index contributed by atoms with van der Waals surface area (Å²) < 4.78 is 0. The maximum absolute atomic E-state index is 9.69. The number of nitrogens with zero attached hydrogens (tertiary/aromatic N) is 2. The van der Waals surface area contributed by atoms with E-state index >= 15 is 0 Å². The molecule has 100 valence electrons. The van der Waals surface area contributed by atoms with Crippen LogP contribution in [0.15, 0.2) is 0 Å². The van der Waals surface area contributed by atoms with Gasteiger partial charge in [0, 0.05) is 43.7 Å². The third-order valence-corrected chi connectivity index (χ3v) is 4.95. The lowest BCUT2D eigenvalue weighted by molar-refractivity contribution is 0.00221. The van der Waals surface area contributed by atoms with Gasteiger partial charge >= 0.3 is 0 Å². The minimum Gasteiger partial charge on any atom is -0.396 e. The van der Waals surface area contributed by atoms with Crippen LogP contribution >= 0.6 is 0 Å². The molecule has 0 aromatic carbocycles. The Kier molecular flexibility index (Phi) is 3.81. The molecule has 0 unspecified atom stereocenters. The van der Waals surface area contributed by atoms with Gasteiger partial charge in [-0.15, -0.1) is 0 Å². The molecule has 1 heterocycles. The molecular weight excluding hydrogens is 212 g/mol. The van der Waals surface area contributed by atoms with Crippen molar-refractivity contribution in [2.75, 3.05) is 39.8 Å². The zero-order chi connectivity index (χ0) is 12.5. The van der Waals surface area contributed by atoms with E-state index in [-0.39, 0.29) is 11.0 Å². The summed E-state index contributed by atoms with van der Waals surface area (Å²) in [6, 6.07) is 0. The van der Waals surface area contributed by atoms with Crippen LogP contribution in [0.5, 0.6) is 0 Å². The molecule has 2 fully saturated rings. The third-order valence-electron chi connectivity index (χ3n) is 4.95. The maximum Gasteiger partial charge on any atom is 0.0499 e. The summed E-state index contributed by atoms with van der Waals surface area (Å²) in [4.78, 5) is 5.02. The quantitative estimate of drug-likeness (QED) is 0.811. The molecule has 1 saturated heterocycles. The lowest BCUT2D eigenvalue weighted by Crippen LogP contribution is -2.59. The average molecular weight is 240 g/mol. The van der Waals surface area contributed by atoms with Gasteiger partial charge < -0.3 is 5.11 Å². The molecule has 0 atom stereocenters. The highest BCUT2D eigenvalue weighted by Crippen LogP contribution is 2.39. The van der Waals surface area contributed by atoms with Crippen LogP contribution in [0.3, 0.4) is 0 Å². The molecule has 1 aliphatic carbocycles. The largest absolute Gasteiger partial charge is 0.396 e. The van der Waals surface area contributed by atoms with Crippen LogP contribution in [-0.2, 0) is 0 Å². The van der Waals surface area contributed by atoms with E-state index < -0.39 is 0 Å². The molecule has 17 heavy (non-hydrogen) atoms. The number of hydrogen-bond donors (Lipinski definition) is 1. The Bertz CT molecular complexity index is 259. The second-order valence-corrected chi connectivity index (χ2v) is 6.81. The SMILES string of the molecule is CN1CCN(CC2(CO)CCCC2)CC1(C)C. The standard InChI is InChI=1S/C14H28N2O/c1-13(2)10-16(9-8-15(13)3)11-14(12-17)6-4-5-7-14/h17H,4-12H2,1-3H3. The van der Waals surface area contributed by atoms with Crippen molar-refractivity contribution in [2.24, 2.45) is 5.41 Å². The molecule has 0 bridgehead atoms. The smallest absolute Gasteiger partial charge is 0.0499 e. The molecule has 1 N–H and O–H groups in total. The second kappa shape index (κ2) is 4.87. The summed E-state index contributed by atoms with van der Waals surface area (Å²) in [5, 5.41) is 9.69. The molecule has 2 rings (SSSR count). The average Bonchev–Trinajstić information content (AvgIpc) is 2.72. The lowest BCUT2D eigenvalue weighted by Gasteiger charge is -2.47. The molecule has 3 nitrogen and oxygen atoms in total. The van der Waals surface area contributed by atoms with Crippen LogP contribution in [0.2, 0.25) is 0 Å². The van der Waals surface area contributed by atoms with Gasteiger partial charge in [-0.25, -0.2) is 0 Å². The summed E-state index contributed by atoms with van der Waals surface area (Å²) in [7, 11) is 2.22. The first-order chi connectivity index (χ1) is 7.97. The van der Waals surface area contributed by atoms with Crippen molar-refractivity contribution >= 4 is 0 Å². The molecule has 1 saturated carbocycles. The van der Waals surface area contributed by atoms with E-state index in [1.807, 2.05) is 0 Å². The number of likely N-dealkylation sites (N-methyl/N-ethyl adjacent to an activating group) is 1. The van der Waals surface area contributed by atoms with E-state index in [2.05, 4.69) is 30.7 Å². The van der Waals surface area contributed by atoms with Gasteiger partial charge in [0.1, 0.15) is 0 Å². The fourth-order valence-electron chi connectivity index (χ4n) is 3.44. The van der Waals surface area contributed by atoms with E-state index in [1.165, 1.54) is 25.7 Å². The topological polar surface area (TPSA) is 26.7 Å². The van der Waals surface area contributed by atoms with E-state index in [0.29, 0.717) is 6.61 Å². The zero-order valence-electron chi connectivity index (χ0n) is 11.7. The Labute approximate surface area is 106 Å². The molecule has 0 spiro atoms. The molecule has 0 aromatic heterocycles. The number of aliphatic hydroxyl groups excluding tert-OH is 1. The summed E-state index contributed by atoms with van der Waals surface area (Å²) in [5.41, 5.74) is 0.486. The Balaban J connectivity index is 1.95. The van der Waals surface area contributed by atoms with Crippen molar-refractivity contribution in [1.29, 1.82) is 0 Å². The highest BCUT2D eigenvalue weighted by atomic mass is 16.3. The number of rotatable bonds is 3. The first-order valence-electron chi connectivity index (χ1n) is 7.02. The summed E-state index contributed by atoms with van der Waals surface area (Å²) in [5.74, 6) is 0. The number of piperazine rings is 1. The van der Waals surface area contributed by atoms with Gasteiger partial charge in [-0.2, -0.15) is 0 Å². The number of aliphatic hydroxyl groups is 1. The summed E-state index contributed by atoms with van der Waals surface area (Å²) >= 11 is 0. The minimum atomic E-state index is 0.214. The Morgan fingerprint density at radius 3 is 2.29 bits per heavy atom. The lowest BCUT2D eigenvalue weighted by atomic mass is 9.85. The van der Waals surface area contributed by atoms with Crippen LogP contribution < -0.4 is 0 Å².